The Balaban J connectivity index is 1.97. The highest BCUT2D eigenvalue weighted by Gasteiger charge is 2.06. The van der Waals surface area contributed by atoms with E-state index < -0.39 is 0 Å². The molecule has 94 valence electrons. The molecule has 4 heteroatoms. The van der Waals surface area contributed by atoms with Gasteiger partial charge < -0.3 is 5.32 Å². The number of pyridine rings is 1. The van der Waals surface area contributed by atoms with Crippen molar-refractivity contribution in [2.75, 3.05) is 0 Å². The van der Waals surface area contributed by atoms with Crippen molar-refractivity contribution >= 4 is 15.9 Å². The third-order valence-corrected chi connectivity index (χ3v) is 3.37. The highest BCUT2D eigenvalue weighted by Crippen LogP contribution is 2.17. The third-order valence-electron chi connectivity index (χ3n) is 2.73. The van der Waals surface area contributed by atoms with Crippen molar-refractivity contribution < 1.29 is 4.39 Å². The van der Waals surface area contributed by atoms with E-state index in [1.807, 2.05) is 31.2 Å². The van der Waals surface area contributed by atoms with Gasteiger partial charge in [-0.25, -0.2) is 4.39 Å². The third kappa shape index (κ3) is 3.37. The van der Waals surface area contributed by atoms with Crippen LogP contribution in [0.5, 0.6) is 0 Å². The number of aromatic nitrogens is 1. The Bertz CT molecular complexity index is 516. The molecule has 0 fully saturated rings. The number of benzene rings is 1. The molecule has 0 saturated carbocycles. The molecule has 1 N–H and O–H groups in total. The van der Waals surface area contributed by atoms with Gasteiger partial charge in [0.25, 0.3) is 0 Å². The normalized spacial score (nSPS) is 12.4. The van der Waals surface area contributed by atoms with E-state index in [0.29, 0.717) is 11.0 Å². The van der Waals surface area contributed by atoms with Gasteiger partial charge in [-0.1, -0.05) is 12.1 Å². The van der Waals surface area contributed by atoms with Crippen molar-refractivity contribution in [3.63, 3.8) is 0 Å². The van der Waals surface area contributed by atoms with E-state index in [0.717, 1.165) is 11.3 Å². The smallest absolute Gasteiger partial charge is 0.137 e. The van der Waals surface area contributed by atoms with Crippen LogP contribution in [0.1, 0.15) is 24.2 Å². The number of hydrogen-bond acceptors (Lipinski definition) is 2. The summed E-state index contributed by atoms with van der Waals surface area (Å²) in [7, 11) is 0. The van der Waals surface area contributed by atoms with Gasteiger partial charge in [-0.3, -0.25) is 4.98 Å². The fourth-order valence-corrected chi connectivity index (χ4v) is 1.90. The Kier molecular flexibility index (Phi) is 4.44. The van der Waals surface area contributed by atoms with Gasteiger partial charge in [0.1, 0.15) is 5.82 Å². The van der Waals surface area contributed by atoms with Gasteiger partial charge >= 0.3 is 0 Å². The average molecular weight is 309 g/mol. The van der Waals surface area contributed by atoms with Crippen LogP contribution in [0.4, 0.5) is 4.39 Å². The van der Waals surface area contributed by atoms with Gasteiger partial charge in [0.05, 0.1) is 10.2 Å². The summed E-state index contributed by atoms with van der Waals surface area (Å²) < 4.78 is 13.8. The van der Waals surface area contributed by atoms with Crippen LogP contribution in [-0.4, -0.2) is 4.98 Å². The number of rotatable bonds is 4. The molecule has 2 aromatic rings. The SMILES string of the molecule is CC(NCc1ccc(Br)c(F)c1)c1ccccn1. The minimum absolute atomic E-state index is 0.137. The number of nitrogens with zero attached hydrogens (tertiary/aromatic N) is 1. The zero-order valence-corrected chi connectivity index (χ0v) is 11.6. The zero-order valence-electron chi connectivity index (χ0n) is 10.0. The first kappa shape index (κ1) is 13.2. The molecule has 0 radical (unpaired) electrons. The summed E-state index contributed by atoms with van der Waals surface area (Å²) in [5.41, 5.74) is 1.90. The predicted octanol–water partition coefficient (Wildman–Crippen LogP) is 3.83. The molecule has 0 aliphatic rings. The molecule has 1 aromatic heterocycles. The summed E-state index contributed by atoms with van der Waals surface area (Å²) in [6.07, 6.45) is 1.77. The second-order valence-corrected chi connectivity index (χ2v) is 4.96. The van der Waals surface area contributed by atoms with Crippen LogP contribution < -0.4 is 5.32 Å². The maximum absolute atomic E-state index is 13.3. The monoisotopic (exact) mass is 308 g/mol. The second kappa shape index (κ2) is 6.07. The molecule has 0 spiro atoms. The van der Waals surface area contributed by atoms with Crippen LogP contribution >= 0.6 is 15.9 Å². The van der Waals surface area contributed by atoms with Crippen molar-refractivity contribution in [2.24, 2.45) is 0 Å². The molecule has 2 nitrogen and oxygen atoms in total. The lowest BCUT2D eigenvalue weighted by Gasteiger charge is -2.13. The van der Waals surface area contributed by atoms with E-state index in [9.17, 15) is 4.39 Å². The van der Waals surface area contributed by atoms with Crippen molar-refractivity contribution in [1.82, 2.24) is 10.3 Å². The topological polar surface area (TPSA) is 24.9 Å². The van der Waals surface area contributed by atoms with Crippen molar-refractivity contribution in [3.8, 4) is 0 Å². The molecule has 1 heterocycles. The van der Waals surface area contributed by atoms with Crippen LogP contribution in [0.2, 0.25) is 0 Å². The lowest BCUT2D eigenvalue weighted by molar-refractivity contribution is 0.557. The van der Waals surface area contributed by atoms with Gasteiger partial charge in [0, 0.05) is 18.8 Å². The molecule has 1 atom stereocenters. The summed E-state index contributed by atoms with van der Waals surface area (Å²) in [4.78, 5) is 4.28. The number of hydrogen-bond donors (Lipinski definition) is 1. The van der Waals surface area contributed by atoms with Crippen molar-refractivity contribution in [1.29, 1.82) is 0 Å². The average Bonchev–Trinajstić information content (AvgIpc) is 2.41. The van der Waals surface area contributed by atoms with E-state index in [1.54, 1.807) is 12.3 Å². The molecule has 1 aromatic carbocycles. The van der Waals surface area contributed by atoms with Crippen molar-refractivity contribution in [2.45, 2.75) is 19.5 Å². The summed E-state index contributed by atoms with van der Waals surface area (Å²) in [5.74, 6) is -0.236. The molecule has 0 aliphatic carbocycles. The van der Waals surface area contributed by atoms with Crippen LogP contribution in [-0.2, 0) is 6.54 Å². The maximum Gasteiger partial charge on any atom is 0.137 e. The Labute approximate surface area is 114 Å². The first-order valence-corrected chi connectivity index (χ1v) is 6.54. The highest BCUT2D eigenvalue weighted by molar-refractivity contribution is 9.10. The molecule has 0 saturated heterocycles. The quantitative estimate of drug-likeness (QED) is 0.928. The Morgan fingerprint density at radius 1 is 1.33 bits per heavy atom. The standard InChI is InChI=1S/C14H14BrFN2/c1-10(14-4-2-3-7-17-14)18-9-11-5-6-12(15)13(16)8-11/h2-8,10,18H,9H2,1H3. The zero-order chi connectivity index (χ0) is 13.0. The Morgan fingerprint density at radius 3 is 2.83 bits per heavy atom. The van der Waals surface area contributed by atoms with Crippen molar-refractivity contribution in [3.05, 3.63) is 64.1 Å². The molecule has 0 amide bonds. The molecule has 2 rings (SSSR count). The van der Waals surface area contributed by atoms with Crippen LogP contribution in [0.15, 0.2) is 47.1 Å². The molecule has 18 heavy (non-hydrogen) atoms. The number of halogens is 2. The van der Waals surface area contributed by atoms with Gasteiger partial charge in [-0.15, -0.1) is 0 Å². The molecular weight excluding hydrogens is 295 g/mol. The van der Waals surface area contributed by atoms with Crippen LogP contribution in [0.3, 0.4) is 0 Å². The summed E-state index contributed by atoms with van der Waals surface area (Å²) in [6.45, 7) is 2.65. The molecule has 0 bridgehead atoms. The van der Waals surface area contributed by atoms with E-state index >= 15 is 0 Å². The first-order chi connectivity index (χ1) is 8.66. The summed E-state index contributed by atoms with van der Waals surface area (Å²) >= 11 is 3.14. The largest absolute Gasteiger partial charge is 0.305 e. The Hall–Kier alpha value is -1.26. The van der Waals surface area contributed by atoms with Gasteiger partial charge in [0.15, 0.2) is 0 Å². The van der Waals surface area contributed by atoms with Gasteiger partial charge in [-0.05, 0) is 52.7 Å². The summed E-state index contributed by atoms with van der Waals surface area (Å²) in [6, 6.07) is 11.1. The van der Waals surface area contributed by atoms with Gasteiger partial charge in [-0.2, -0.15) is 0 Å². The van der Waals surface area contributed by atoms with E-state index in [-0.39, 0.29) is 11.9 Å². The predicted molar refractivity (Wildman–Crippen MR) is 73.6 cm³/mol. The maximum atomic E-state index is 13.3. The minimum Gasteiger partial charge on any atom is -0.305 e. The van der Waals surface area contributed by atoms with E-state index in [2.05, 4.69) is 26.2 Å². The lowest BCUT2D eigenvalue weighted by Crippen LogP contribution is -2.19. The fourth-order valence-electron chi connectivity index (χ4n) is 1.66. The number of nitrogens with one attached hydrogen (secondary N) is 1. The fraction of sp³-hybridized carbons (Fsp3) is 0.214. The van der Waals surface area contributed by atoms with E-state index in [1.165, 1.54) is 6.07 Å². The van der Waals surface area contributed by atoms with Crippen LogP contribution in [0, 0.1) is 5.82 Å². The lowest BCUT2D eigenvalue weighted by atomic mass is 10.2. The minimum atomic E-state index is -0.236. The molecule has 0 aliphatic heterocycles. The summed E-state index contributed by atoms with van der Waals surface area (Å²) in [5, 5.41) is 3.32. The Morgan fingerprint density at radius 2 is 2.17 bits per heavy atom. The van der Waals surface area contributed by atoms with Crippen LogP contribution in [0.25, 0.3) is 0 Å². The first-order valence-electron chi connectivity index (χ1n) is 5.75. The molecule has 1 unspecified atom stereocenters. The van der Waals surface area contributed by atoms with E-state index in [4.69, 9.17) is 0 Å². The second-order valence-electron chi connectivity index (χ2n) is 4.11. The van der Waals surface area contributed by atoms with Gasteiger partial charge in [0.2, 0.25) is 0 Å². The molecular formula is C14H14BrFN2. The highest BCUT2D eigenvalue weighted by atomic mass is 79.9.